The van der Waals surface area contributed by atoms with E-state index in [0.717, 1.165) is 43.7 Å². The van der Waals surface area contributed by atoms with Crippen molar-refractivity contribution in [2.45, 2.75) is 38.6 Å². The molecule has 1 amide bonds. The SMILES string of the molecule is CCc1ccc(C2CCCCN2C(=O)c2cnn(C)c2OC)o1. The van der Waals surface area contributed by atoms with E-state index in [0.29, 0.717) is 11.4 Å². The number of aryl methyl sites for hydroxylation is 2. The van der Waals surface area contributed by atoms with Crippen molar-refractivity contribution in [2.24, 2.45) is 7.05 Å². The molecule has 1 fully saturated rings. The minimum Gasteiger partial charge on any atom is -0.481 e. The molecule has 0 radical (unpaired) electrons. The maximum absolute atomic E-state index is 13.0. The van der Waals surface area contributed by atoms with Crippen LogP contribution in [-0.4, -0.2) is 34.2 Å². The second kappa shape index (κ2) is 6.48. The summed E-state index contributed by atoms with van der Waals surface area (Å²) >= 11 is 0. The zero-order valence-corrected chi connectivity index (χ0v) is 13.9. The van der Waals surface area contributed by atoms with Crippen LogP contribution in [0.4, 0.5) is 0 Å². The van der Waals surface area contributed by atoms with Gasteiger partial charge in [-0.25, -0.2) is 4.68 Å². The van der Waals surface area contributed by atoms with Crippen LogP contribution in [0, 0.1) is 0 Å². The molecule has 1 aliphatic heterocycles. The van der Waals surface area contributed by atoms with Gasteiger partial charge in [0.1, 0.15) is 17.1 Å². The Bertz CT molecular complexity index is 689. The van der Waals surface area contributed by atoms with Gasteiger partial charge in [-0.3, -0.25) is 4.79 Å². The van der Waals surface area contributed by atoms with E-state index >= 15 is 0 Å². The van der Waals surface area contributed by atoms with E-state index in [-0.39, 0.29) is 11.9 Å². The summed E-state index contributed by atoms with van der Waals surface area (Å²) in [5.41, 5.74) is 0.504. The van der Waals surface area contributed by atoms with Crippen molar-refractivity contribution in [2.75, 3.05) is 13.7 Å². The van der Waals surface area contributed by atoms with Crippen molar-refractivity contribution in [3.8, 4) is 5.88 Å². The van der Waals surface area contributed by atoms with E-state index in [9.17, 15) is 4.79 Å². The van der Waals surface area contributed by atoms with Crippen molar-refractivity contribution in [1.29, 1.82) is 0 Å². The lowest BCUT2D eigenvalue weighted by atomic mass is 9.99. The average molecular weight is 317 g/mol. The number of likely N-dealkylation sites (tertiary alicyclic amines) is 1. The van der Waals surface area contributed by atoms with E-state index in [1.54, 1.807) is 25.0 Å². The average Bonchev–Trinajstić information content (AvgIpc) is 3.20. The molecule has 2 aromatic heterocycles. The minimum absolute atomic E-state index is 0.0125. The Labute approximate surface area is 136 Å². The van der Waals surface area contributed by atoms with E-state index < -0.39 is 0 Å². The summed E-state index contributed by atoms with van der Waals surface area (Å²) in [7, 11) is 3.32. The van der Waals surface area contributed by atoms with Gasteiger partial charge in [0, 0.05) is 20.0 Å². The number of furan rings is 1. The van der Waals surface area contributed by atoms with E-state index in [2.05, 4.69) is 12.0 Å². The first kappa shape index (κ1) is 15.6. The van der Waals surface area contributed by atoms with Crippen molar-refractivity contribution in [3.05, 3.63) is 35.4 Å². The van der Waals surface area contributed by atoms with Crippen LogP contribution < -0.4 is 4.74 Å². The maximum atomic E-state index is 13.0. The molecule has 3 heterocycles. The molecule has 124 valence electrons. The zero-order chi connectivity index (χ0) is 16.4. The third kappa shape index (κ3) is 2.85. The highest BCUT2D eigenvalue weighted by Gasteiger charge is 2.33. The third-order valence-electron chi connectivity index (χ3n) is 4.43. The highest BCUT2D eigenvalue weighted by Crippen LogP contribution is 2.34. The molecule has 0 aliphatic carbocycles. The zero-order valence-electron chi connectivity index (χ0n) is 13.9. The van der Waals surface area contributed by atoms with Gasteiger partial charge in [0.25, 0.3) is 5.91 Å². The molecule has 3 rings (SSSR count). The fourth-order valence-electron chi connectivity index (χ4n) is 3.20. The summed E-state index contributed by atoms with van der Waals surface area (Å²) in [5.74, 6) is 2.27. The van der Waals surface area contributed by atoms with Gasteiger partial charge < -0.3 is 14.1 Å². The molecule has 0 aromatic carbocycles. The number of carbonyl (C=O) groups is 1. The molecule has 2 aromatic rings. The fraction of sp³-hybridized carbons (Fsp3) is 0.529. The molecule has 0 bridgehead atoms. The maximum Gasteiger partial charge on any atom is 0.261 e. The van der Waals surface area contributed by atoms with Crippen molar-refractivity contribution < 1.29 is 13.9 Å². The Morgan fingerprint density at radius 1 is 1.43 bits per heavy atom. The summed E-state index contributed by atoms with van der Waals surface area (Å²) < 4.78 is 12.8. The summed E-state index contributed by atoms with van der Waals surface area (Å²) in [6, 6.07) is 3.98. The van der Waals surface area contributed by atoms with Crippen LogP contribution >= 0.6 is 0 Å². The van der Waals surface area contributed by atoms with Gasteiger partial charge in [-0.15, -0.1) is 0 Å². The molecule has 23 heavy (non-hydrogen) atoms. The van der Waals surface area contributed by atoms with E-state index in [1.165, 1.54) is 0 Å². The number of ether oxygens (including phenoxy) is 1. The van der Waals surface area contributed by atoms with Crippen LogP contribution in [-0.2, 0) is 13.5 Å². The second-order valence-electron chi connectivity index (χ2n) is 5.86. The van der Waals surface area contributed by atoms with Gasteiger partial charge in [-0.1, -0.05) is 6.92 Å². The lowest BCUT2D eigenvalue weighted by Gasteiger charge is -2.34. The Balaban J connectivity index is 1.90. The summed E-state index contributed by atoms with van der Waals surface area (Å²) in [6.45, 7) is 2.79. The highest BCUT2D eigenvalue weighted by molar-refractivity contribution is 5.96. The third-order valence-corrected chi connectivity index (χ3v) is 4.43. The van der Waals surface area contributed by atoms with Gasteiger partial charge in [-0.05, 0) is 31.4 Å². The highest BCUT2D eigenvalue weighted by atomic mass is 16.5. The van der Waals surface area contributed by atoms with E-state index in [4.69, 9.17) is 9.15 Å². The van der Waals surface area contributed by atoms with Gasteiger partial charge in [-0.2, -0.15) is 5.10 Å². The first-order valence-electron chi connectivity index (χ1n) is 8.11. The standard InChI is InChI=1S/C17H23N3O3/c1-4-12-8-9-15(23-12)14-7-5-6-10-20(14)16(21)13-11-18-19(2)17(13)22-3/h8-9,11,14H,4-7,10H2,1-3H3. The topological polar surface area (TPSA) is 60.5 Å². The van der Waals surface area contributed by atoms with Gasteiger partial charge in [0.15, 0.2) is 0 Å². The molecule has 0 saturated carbocycles. The molecule has 1 atom stereocenters. The first-order chi connectivity index (χ1) is 11.2. The van der Waals surface area contributed by atoms with Gasteiger partial charge >= 0.3 is 0 Å². The van der Waals surface area contributed by atoms with Crippen LogP contribution in [0.15, 0.2) is 22.7 Å². The number of hydrogen-bond acceptors (Lipinski definition) is 4. The molecule has 6 heteroatoms. The Morgan fingerprint density at radius 2 is 2.26 bits per heavy atom. The lowest BCUT2D eigenvalue weighted by molar-refractivity contribution is 0.0575. The van der Waals surface area contributed by atoms with Crippen LogP contribution in [0.3, 0.4) is 0 Å². The molecule has 0 N–H and O–H groups in total. The smallest absolute Gasteiger partial charge is 0.261 e. The number of carbonyl (C=O) groups excluding carboxylic acids is 1. The number of rotatable bonds is 4. The van der Waals surface area contributed by atoms with Crippen molar-refractivity contribution >= 4 is 5.91 Å². The molecular weight excluding hydrogens is 294 g/mol. The number of methoxy groups -OCH3 is 1. The van der Waals surface area contributed by atoms with Crippen molar-refractivity contribution in [3.63, 3.8) is 0 Å². The Morgan fingerprint density at radius 3 is 2.96 bits per heavy atom. The fourth-order valence-corrected chi connectivity index (χ4v) is 3.20. The monoisotopic (exact) mass is 317 g/mol. The van der Waals surface area contributed by atoms with Crippen LogP contribution in [0.25, 0.3) is 0 Å². The Hall–Kier alpha value is -2.24. The molecule has 1 saturated heterocycles. The van der Waals surface area contributed by atoms with Crippen molar-refractivity contribution in [1.82, 2.24) is 14.7 Å². The molecule has 1 unspecified atom stereocenters. The number of piperidine rings is 1. The Kier molecular flexibility index (Phi) is 4.41. The summed E-state index contributed by atoms with van der Waals surface area (Å²) in [6.07, 6.45) is 5.46. The van der Waals surface area contributed by atoms with Crippen LogP contribution in [0.1, 0.15) is 54.1 Å². The number of amides is 1. The van der Waals surface area contributed by atoms with Crippen LogP contribution in [0.5, 0.6) is 5.88 Å². The normalized spacial score (nSPS) is 18.2. The lowest BCUT2D eigenvalue weighted by Crippen LogP contribution is -2.38. The summed E-state index contributed by atoms with van der Waals surface area (Å²) in [4.78, 5) is 14.9. The predicted octanol–water partition coefficient (Wildman–Crippen LogP) is 2.95. The first-order valence-corrected chi connectivity index (χ1v) is 8.11. The minimum atomic E-state index is -0.0471. The quantitative estimate of drug-likeness (QED) is 0.870. The van der Waals surface area contributed by atoms with Gasteiger partial charge in [0.2, 0.25) is 5.88 Å². The van der Waals surface area contributed by atoms with Gasteiger partial charge in [0.05, 0.1) is 19.3 Å². The van der Waals surface area contributed by atoms with Crippen LogP contribution in [0.2, 0.25) is 0 Å². The molecule has 1 aliphatic rings. The molecule has 6 nitrogen and oxygen atoms in total. The second-order valence-corrected chi connectivity index (χ2v) is 5.86. The molecule has 0 spiro atoms. The number of hydrogen-bond donors (Lipinski definition) is 0. The molecular formula is C17H23N3O3. The summed E-state index contributed by atoms with van der Waals surface area (Å²) in [5, 5.41) is 4.14. The number of nitrogens with zero attached hydrogens (tertiary/aromatic N) is 3. The largest absolute Gasteiger partial charge is 0.481 e. The van der Waals surface area contributed by atoms with E-state index in [1.807, 2.05) is 17.0 Å². The number of aromatic nitrogens is 2. The predicted molar refractivity (Wildman–Crippen MR) is 85.5 cm³/mol.